The molecule has 4 rings (SSSR count). The maximum Gasteiger partial charge on any atom is 0.271 e. The van der Waals surface area contributed by atoms with Crippen LogP contribution in [0.5, 0.6) is 5.75 Å². The van der Waals surface area contributed by atoms with Gasteiger partial charge in [0.15, 0.2) is 0 Å². The number of aromatic nitrogens is 2. The van der Waals surface area contributed by atoms with E-state index in [0.717, 1.165) is 29.8 Å². The van der Waals surface area contributed by atoms with Crippen LogP contribution < -0.4 is 4.74 Å². The predicted molar refractivity (Wildman–Crippen MR) is 147 cm³/mol. The van der Waals surface area contributed by atoms with Crippen molar-refractivity contribution in [1.82, 2.24) is 14.7 Å². The van der Waals surface area contributed by atoms with E-state index in [4.69, 9.17) is 9.84 Å². The Labute approximate surface area is 223 Å². The molecular weight excluding hydrogens is 476 g/mol. The molecule has 0 fully saturated rings. The van der Waals surface area contributed by atoms with Crippen LogP contribution >= 0.6 is 0 Å². The molecule has 7 nitrogen and oxygen atoms in total. The summed E-state index contributed by atoms with van der Waals surface area (Å²) in [7, 11) is 0. The normalized spacial score (nSPS) is 14.9. The number of carbonyl (C=O) groups is 2. The number of carbonyl (C=O) groups excluding carboxylic acids is 2. The van der Waals surface area contributed by atoms with Crippen LogP contribution in [-0.2, 0) is 9.59 Å². The van der Waals surface area contributed by atoms with Gasteiger partial charge < -0.3 is 4.74 Å². The molecule has 7 heteroatoms. The molecule has 194 valence electrons. The number of amides is 2. The van der Waals surface area contributed by atoms with Crippen LogP contribution in [0.25, 0.3) is 23.0 Å². The molecule has 1 aliphatic rings. The summed E-state index contributed by atoms with van der Waals surface area (Å²) in [5, 5.41) is 14.6. The number of nitrogens with zero attached hydrogens (tertiary/aromatic N) is 4. The number of hydrogen-bond acceptors (Lipinski definition) is 5. The first-order valence-corrected chi connectivity index (χ1v) is 13.0. The molecule has 1 aromatic heterocycles. The summed E-state index contributed by atoms with van der Waals surface area (Å²) < 4.78 is 7.56. The van der Waals surface area contributed by atoms with Gasteiger partial charge in [-0.1, -0.05) is 38.0 Å². The van der Waals surface area contributed by atoms with E-state index in [-0.39, 0.29) is 24.1 Å². The molecule has 0 atom stereocenters. The Morgan fingerprint density at radius 2 is 1.74 bits per heavy atom. The lowest BCUT2D eigenvalue weighted by Crippen LogP contribution is -2.43. The summed E-state index contributed by atoms with van der Waals surface area (Å²) in [6.07, 6.45) is 6.21. The van der Waals surface area contributed by atoms with Crippen molar-refractivity contribution in [1.29, 1.82) is 5.26 Å². The van der Waals surface area contributed by atoms with Gasteiger partial charge in [0, 0.05) is 29.4 Å². The van der Waals surface area contributed by atoms with Gasteiger partial charge in [-0.2, -0.15) is 10.4 Å². The lowest BCUT2D eigenvalue weighted by Gasteiger charge is -2.27. The maximum atomic E-state index is 13.5. The van der Waals surface area contributed by atoms with Crippen molar-refractivity contribution >= 4 is 17.9 Å². The second-order valence-electron chi connectivity index (χ2n) is 9.54. The van der Waals surface area contributed by atoms with Crippen molar-refractivity contribution < 1.29 is 14.3 Å². The minimum absolute atomic E-state index is 0.000429. The van der Waals surface area contributed by atoms with Gasteiger partial charge in [0.1, 0.15) is 17.4 Å². The molecule has 2 heterocycles. The molecule has 2 amide bonds. The van der Waals surface area contributed by atoms with Crippen molar-refractivity contribution in [2.75, 3.05) is 6.54 Å². The van der Waals surface area contributed by atoms with Gasteiger partial charge >= 0.3 is 0 Å². The highest BCUT2D eigenvalue weighted by Crippen LogP contribution is 2.32. The van der Waals surface area contributed by atoms with Crippen LogP contribution in [0.15, 0.2) is 77.5 Å². The highest BCUT2D eigenvalue weighted by atomic mass is 16.5. The molecular formula is C31H32N4O3. The van der Waals surface area contributed by atoms with Crippen molar-refractivity contribution in [2.24, 2.45) is 0 Å². The van der Waals surface area contributed by atoms with E-state index in [1.807, 2.05) is 80.7 Å². The molecule has 0 aliphatic carbocycles. The fourth-order valence-corrected chi connectivity index (χ4v) is 4.40. The first kappa shape index (κ1) is 26.6. The SMILES string of the molecule is CCCCCN1C(=O)C(=Cc2cn(-c3ccccc3)nc2-c2ccc(OC(C)C)cc2)C(C)=C(C#N)C1=O. The van der Waals surface area contributed by atoms with Crippen LogP contribution in [0.3, 0.4) is 0 Å². The Kier molecular flexibility index (Phi) is 8.22. The largest absolute Gasteiger partial charge is 0.491 e. The van der Waals surface area contributed by atoms with Gasteiger partial charge in [-0.25, -0.2) is 4.68 Å². The summed E-state index contributed by atoms with van der Waals surface area (Å²) in [6, 6.07) is 19.4. The lowest BCUT2D eigenvalue weighted by molar-refractivity contribution is -0.140. The van der Waals surface area contributed by atoms with Crippen LogP contribution in [0.2, 0.25) is 0 Å². The van der Waals surface area contributed by atoms with Crippen molar-refractivity contribution in [3.05, 3.63) is 83.1 Å². The number of para-hydroxylation sites is 1. The third kappa shape index (κ3) is 5.60. The van der Waals surface area contributed by atoms with Crippen LogP contribution in [0, 0.1) is 11.3 Å². The molecule has 2 aromatic carbocycles. The second-order valence-corrected chi connectivity index (χ2v) is 9.54. The number of rotatable bonds is 9. The van der Waals surface area contributed by atoms with Gasteiger partial charge in [0.25, 0.3) is 11.8 Å². The van der Waals surface area contributed by atoms with Crippen molar-refractivity contribution in [3.8, 4) is 28.8 Å². The van der Waals surface area contributed by atoms with Gasteiger partial charge in [-0.15, -0.1) is 0 Å². The van der Waals surface area contributed by atoms with Crippen molar-refractivity contribution in [2.45, 2.75) is 53.1 Å². The first-order valence-electron chi connectivity index (χ1n) is 13.0. The van der Waals surface area contributed by atoms with Gasteiger partial charge in [-0.3, -0.25) is 14.5 Å². The average molecular weight is 509 g/mol. The minimum Gasteiger partial charge on any atom is -0.491 e. The van der Waals surface area contributed by atoms with E-state index in [1.165, 1.54) is 4.90 Å². The number of unbranched alkanes of at least 4 members (excludes halogenated alkanes) is 2. The topological polar surface area (TPSA) is 88.2 Å². The Hall–Kier alpha value is -4.44. The maximum absolute atomic E-state index is 13.5. The summed E-state index contributed by atoms with van der Waals surface area (Å²) in [5.41, 5.74) is 3.80. The monoisotopic (exact) mass is 508 g/mol. The number of benzene rings is 2. The molecule has 0 bridgehead atoms. The fourth-order valence-electron chi connectivity index (χ4n) is 4.40. The smallest absolute Gasteiger partial charge is 0.271 e. The molecule has 38 heavy (non-hydrogen) atoms. The zero-order chi connectivity index (χ0) is 27.2. The number of imide groups is 1. The minimum atomic E-state index is -0.524. The average Bonchev–Trinajstić information content (AvgIpc) is 3.33. The molecule has 0 saturated heterocycles. The highest BCUT2D eigenvalue weighted by Gasteiger charge is 2.35. The van der Waals surface area contributed by atoms with E-state index in [2.05, 4.69) is 6.92 Å². The number of nitriles is 1. The van der Waals surface area contributed by atoms with Crippen molar-refractivity contribution in [3.63, 3.8) is 0 Å². The van der Waals surface area contributed by atoms with Crippen LogP contribution in [-0.4, -0.2) is 39.1 Å². The summed E-state index contributed by atoms with van der Waals surface area (Å²) in [5.74, 6) is -0.154. The molecule has 1 aliphatic heterocycles. The summed E-state index contributed by atoms with van der Waals surface area (Å²) in [4.78, 5) is 27.7. The second kappa shape index (κ2) is 11.7. The lowest BCUT2D eigenvalue weighted by atomic mass is 9.93. The molecule has 0 N–H and O–H groups in total. The summed E-state index contributed by atoms with van der Waals surface area (Å²) in [6.45, 7) is 7.95. The predicted octanol–water partition coefficient (Wildman–Crippen LogP) is 6.11. The molecule has 0 unspecified atom stereocenters. The molecule has 0 spiro atoms. The van der Waals surface area contributed by atoms with Gasteiger partial charge in [0.2, 0.25) is 0 Å². The number of ether oxygens (including phenoxy) is 1. The Bertz CT molecular complexity index is 1420. The standard InChI is InChI=1S/C31H32N4O3/c1-5-6-10-17-34-30(36)27(22(4)28(19-32)31(34)37)18-24-20-35(25-11-8-7-9-12-25)33-29(24)23-13-15-26(16-14-23)38-21(2)3/h7-9,11-16,18,20-21H,5-6,10,17H2,1-4H3. The van der Waals surface area contributed by atoms with E-state index in [9.17, 15) is 14.9 Å². The Morgan fingerprint density at radius 3 is 2.37 bits per heavy atom. The molecule has 3 aromatic rings. The Morgan fingerprint density at radius 1 is 1.03 bits per heavy atom. The van der Waals surface area contributed by atoms with E-state index in [1.54, 1.807) is 17.7 Å². The Balaban J connectivity index is 1.83. The first-order chi connectivity index (χ1) is 18.3. The quantitative estimate of drug-likeness (QED) is 0.198. The van der Waals surface area contributed by atoms with Gasteiger partial charge in [0.05, 0.1) is 17.5 Å². The fraction of sp³-hybridized carbons (Fsp3) is 0.290. The zero-order valence-corrected chi connectivity index (χ0v) is 22.3. The summed E-state index contributed by atoms with van der Waals surface area (Å²) >= 11 is 0. The van der Waals surface area contributed by atoms with E-state index in [0.29, 0.717) is 28.8 Å². The van der Waals surface area contributed by atoms with Crippen LogP contribution in [0.1, 0.15) is 52.5 Å². The third-order valence-electron chi connectivity index (χ3n) is 6.37. The number of hydrogen-bond donors (Lipinski definition) is 0. The zero-order valence-electron chi connectivity index (χ0n) is 22.3. The van der Waals surface area contributed by atoms with E-state index >= 15 is 0 Å². The van der Waals surface area contributed by atoms with Crippen LogP contribution in [0.4, 0.5) is 0 Å². The highest BCUT2D eigenvalue weighted by molar-refractivity contribution is 6.19. The molecule has 0 saturated carbocycles. The molecule has 0 radical (unpaired) electrons. The van der Waals surface area contributed by atoms with Gasteiger partial charge in [-0.05, 0) is 75.2 Å². The third-order valence-corrected chi connectivity index (χ3v) is 6.37. The van der Waals surface area contributed by atoms with E-state index < -0.39 is 5.91 Å².